The van der Waals surface area contributed by atoms with E-state index in [1.165, 1.54) is 0 Å². The number of benzene rings is 2. The van der Waals surface area contributed by atoms with E-state index in [0.29, 0.717) is 11.1 Å². The SMILES string of the molecule is Cn1[c-][n+](-c2ccccc2C(=N)OC(=N)c2ccccc2-[n+]2[c-]n(C)cc2)cc1. The summed E-state index contributed by atoms with van der Waals surface area (Å²) in [5.41, 5.74) is 2.65. The number of imidazole rings is 2. The molecule has 7 nitrogen and oxygen atoms in total. The zero-order valence-corrected chi connectivity index (χ0v) is 16.1. The fourth-order valence-electron chi connectivity index (χ4n) is 3.04. The van der Waals surface area contributed by atoms with Crippen LogP contribution < -0.4 is 9.13 Å². The molecule has 2 aromatic heterocycles. The molecule has 0 amide bonds. The van der Waals surface area contributed by atoms with Gasteiger partial charge in [-0.1, -0.05) is 48.5 Å². The molecule has 2 heterocycles. The molecule has 0 aliphatic heterocycles. The number of rotatable bonds is 4. The predicted octanol–water partition coefficient (Wildman–Crippen LogP) is 1.88. The first-order valence-corrected chi connectivity index (χ1v) is 9.00. The van der Waals surface area contributed by atoms with Crippen LogP contribution in [0, 0.1) is 23.5 Å². The molecule has 4 rings (SSSR count). The topological polar surface area (TPSA) is 74.6 Å². The summed E-state index contributed by atoms with van der Waals surface area (Å²) in [6.45, 7) is 0. The summed E-state index contributed by atoms with van der Waals surface area (Å²) in [6, 6.07) is 14.8. The molecule has 4 aromatic rings. The van der Waals surface area contributed by atoms with Gasteiger partial charge < -0.3 is 23.0 Å². The third-order valence-electron chi connectivity index (χ3n) is 4.43. The van der Waals surface area contributed by atoms with Crippen molar-refractivity contribution in [2.24, 2.45) is 14.1 Å². The Morgan fingerprint density at radius 3 is 1.55 bits per heavy atom. The van der Waals surface area contributed by atoms with E-state index in [-0.39, 0.29) is 11.8 Å². The summed E-state index contributed by atoms with van der Waals surface area (Å²) < 4.78 is 12.8. The van der Waals surface area contributed by atoms with Crippen molar-refractivity contribution in [2.45, 2.75) is 0 Å². The van der Waals surface area contributed by atoms with Crippen molar-refractivity contribution in [1.82, 2.24) is 9.13 Å². The molecule has 0 fully saturated rings. The smallest absolute Gasteiger partial charge is 0.243 e. The van der Waals surface area contributed by atoms with Crippen LogP contribution in [0.3, 0.4) is 0 Å². The van der Waals surface area contributed by atoms with Crippen LogP contribution in [0.2, 0.25) is 0 Å². The highest BCUT2D eigenvalue weighted by atomic mass is 16.5. The summed E-state index contributed by atoms with van der Waals surface area (Å²) in [4.78, 5) is 0. The van der Waals surface area contributed by atoms with Crippen LogP contribution in [0.15, 0.2) is 73.3 Å². The van der Waals surface area contributed by atoms with Gasteiger partial charge in [0.25, 0.3) is 0 Å². The van der Waals surface area contributed by atoms with E-state index in [9.17, 15) is 0 Å². The van der Waals surface area contributed by atoms with Gasteiger partial charge in [-0.15, -0.1) is 0 Å². The lowest BCUT2D eigenvalue weighted by molar-refractivity contribution is -0.599. The lowest BCUT2D eigenvalue weighted by Gasteiger charge is -2.15. The number of nitrogens with one attached hydrogen (secondary N) is 2. The highest BCUT2D eigenvalue weighted by Gasteiger charge is 2.16. The van der Waals surface area contributed by atoms with Crippen LogP contribution in [-0.4, -0.2) is 20.9 Å². The number of aromatic nitrogens is 4. The van der Waals surface area contributed by atoms with E-state index in [0.717, 1.165) is 11.4 Å². The van der Waals surface area contributed by atoms with E-state index >= 15 is 0 Å². The number of para-hydroxylation sites is 2. The summed E-state index contributed by atoms with van der Waals surface area (Å²) in [5.74, 6) is -0.209. The first-order valence-electron chi connectivity index (χ1n) is 9.00. The minimum absolute atomic E-state index is 0.104. The first-order chi connectivity index (χ1) is 14.0. The molecule has 0 aliphatic rings. The average molecular weight is 384 g/mol. The van der Waals surface area contributed by atoms with Crippen molar-refractivity contribution in [1.29, 1.82) is 10.8 Å². The molecule has 0 unspecified atom stereocenters. The van der Waals surface area contributed by atoms with E-state index in [2.05, 4.69) is 12.7 Å². The third-order valence-corrected chi connectivity index (χ3v) is 4.43. The molecule has 7 heteroatoms. The molecule has 29 heavy (non-hydrogen) atoms. The van der Waals surface area contributed by atoms with Gasteiger partial charge in [-0.25, -0.2) is 0 Å². The molecule has 0 bridgehead atoms. The maximum absolute atomic E-state index is 8.47. The fraction of sp³-hybridized carbons (Fsp3) is 0.0909. The van der Waals surface area contributed by atoms with Gasteiger partial charge >= 0.3 is 0 Å². The van der Waals surface area contributed by atoms with Crippen LogP contribution in [-0.2, 0) is 18.8 Å². The summed E-state index contributed by atoms with van der Waals surface area (Å²) >= 11 is 0. The maximum atomic E-state index is 8.47. The number of ether oxygens (including phenoxy) is 1. The van der Waals surface area contributed by atoms with Crippen molar-refractivity contribution in [3.05, 3.63) is 97.1 Å². The Morgan fingerprint density at radius 1 is 0.759 bits per heavy atom. The molecular formula is C22H20N6O. The third kappa shape index (κ3) is 3.70. The van der Waals surface area contributed by atoms with Crippen LogP contribution in [0.25, 0.3) is 11.4 Å². The van der Waals surface area contributed by atoms with E-state index < -0.39 is 0 Å². The quantitative estimate of drug-likeness (QED) is 0.240. The second-order valence-corrected chi connectivity index (χ2v) is 6.55. The molecule has 0 aliphatic carbocycles. The van der Waals surface area contributed by atoms with Gasteiger partial charge in [0.15, 0.2) is 0 Å². The van der Waals surface area contributed by atoms with E-state index in [4.69, 9.17) is 15.6 Å². The molecule has 0 spiro atoms. The normalized spacial score (nSPS) is 10.7. The lowest BCUT2D eigenvalue weighted by atomic mass is 10.1. The number of aryl methyl sites for hydroxylation is 2. The largest absolute Gasteiger partial charge is 0.422 e. The summed E-state index contributed by atoms with van der Waals surface area (Å²) in [5, 5.41) is 16.9. The van der Waals surface area contributed by atoms with Gasteiger partial charge in [0.1, 0.15) is 0 Å². The highest BCUT2D eigenvalue weighted by molar-refractivity contribution is 6.07. The standard InChI is InChI=1S/C22H20N6O/c1-25-11-13-27(15-25)19-9-5-3-7-17(19)21(23)29-22(24)18-8-4-6-10-20(18)28-14-12-26(2)16-28/h3-14,23-24H,1-2H3. The van der Waals surface area contributed by atoms with Crippen LogP contribution >= 0.6 is 0 Å². The second kappa shape index (κ2) is 7.55. The molecule has 0 saturated heterocycles. The predicted molar refractivity (Wildman–Crippen MR) is 106 cm³/mol. The number of hydrogen-bond donors (Lipinski definition) is 2. The maximum Gasteiger partial charge on any atom is 0.243 e. The average Bonchev–Trinajstić information content (AvgIpc) is 3.36. The van der Waals surface area contributed by atoms with Crippen LogP contribution in [0.5, 0.6) is 0 Å². The Labute approximate surface area is 168 Å². The first kappa shape index (κ1) is 18.4. The Kier molecular flexibility index (Phi) is 4.78. The van der Waals surface area contributed by atoms with Gasteiger partial charge in [0, 0.05) is 35.9 Å². The van der Waals surface area contributed by atoms with E-state index in [1.807, 2.05) is 75.3 Å². The Hall–Kier alpha value is -4.00. The minimum atomic E-state index is -0.104. The molecule has 0 saturated carbocycles. The highest BCUT2D eigenvalue weighted by Crippen LogP contribution is 2.14. The summed E-state index contributed by atoms with van der Waals surface area (Å²) in [7, 11) is 3.76. The summed E-state index contributed by atoms with van der Waals surface area (Å²) in [6.07, 6.45) is 13.7. The Morgan fingerprint density at radius 2 is 1.17 bits per heavy atom. The van der Waals surface area contributed by atoms with Crippen LogP contribution in [0.1, 0.15) is 11.1 Å². The fourth-order valence-corrected chi connectivity index (χ4v) is 3.04. The van der Waals surface area contributed by atoms with Gasteiger partial charge in [0.2, 0.25) is 24.5 Å². The van der Waals surface area contributed by atoms with Gasteiger partial charge in [0.05, 0.1) is 25.5 Å². The monoisotopic (exact) mass is 384 g/mol. The van der Waals surface area contributed by atoms with Crippen molar-refractivity contribution in [3.63, 3.8) is 0 Å². The number of hydrogen-bond acceptors (Lipinski definition) is 3. The molecule has 144 valence electrons. The minimum Gasteiger partial charge on any atom is -0.422 e. The Bertz CT molecular complexity index is 1110. The van der Waals surface area contributed by atoms with Gasteiger partial charge in [-0.3, -0.25) is 10.8 Å². The molecular weight excluding hydrogens is 364 g/mol. The van der Waals surface area contributed by atoms with Crippen molar-refractivity contribution >= 4 is 11.8 Å². The number of nitrogens with zero attached hydrogens (tertiary/aromatic N) is 4. The van der Waals surface area contributed by atoms with Crippen molar-refractivity contribution in [3.8, 4) is 11.4 Å². The Balaban J connectivity index is 1.63. The van der Waals surface area contributed by atoms with Crippen molar-refractivity contribution in [2.75, 3.05) is 0 Å². The molecule has 0 radical (unpaired) electrons. The molecule has 2 aromatic carbocycles. The second-order valence-electron chi connectivity index (χ2n) is 6.55. The van der Waals surface area contributed by atoms with Crippen molar-refractivity contribution < 1.29 is 13.9 Å². The van der Waals surface area contributed by atoms with Gasteiger partial charge in [-0.2, -0.15) is 0 Å². The molecule has 0 atom stereocenters. The molecule has 2 N–H and O–H groups in total. The van der Waals surface area contributed by atoms with E-state index in [1.54, 1.807) is 30.4 Å². The lowest BCUT2D eigenvalue weighted by Crippen LogP contribution is -2.33. The van der Waals surface area contributed by atoms with Crippen LogP contribution in [0.4, 0.5) is 0 Å². The van der Waals surface area contributed by atoms with Gasteiger partial charge in [-0.05, 0) is 0 Å². The zero-order chi connectivity index (χ0) is 20.4. The zero-order valence-electron chi connectivity index (χ0n) is 16.1.